The number of alkyl halides is 3. The first-order valence-corrected chi connectivity index (χ1v) is 5.19. The zero-order chi connectivity index (χ0) is 12.5. The molecule has 0 fully saturated rings. The van der Waals surface area contributed by atoms with Gasteiger partial charge in [0, 0.05) is 0 Å². The van der Waals surface area contributed by atoms with Gasteiger partial charge in [0.05, 0.1) is 11.8 Å². The monoisotopic (exact) mass is 261 g/mol. The Balaban J connectivity index is 2.32. The molecule has 2 N–H and O–H groups in total. The lowest BCUT2D eigenvalue weighted by molar-refractivity contribution is -0.137. The minimum Gasteiger partial charge on any atom is -0.440 e. The number of oxazole rings is 1. The molecular formula is C9H6F3N3OS. The Morgan fingerprint density at radius 1 is 1.29 bits per heavy atom. The van der Waals surface area contributed by atoms with Crippen LogP contribution in [-0.2, 0) is 6.18 Å². The van der Waals surface area contributed by atoms with Crippen molar-refractivity contribution in [3.8, 4) is 0 Å². The molecule has 0 saturated carbocycles. The number of aromatic nitrogens is 2. The van der Waals surface area contributed by atoms with Crippen LogP contribution in [0.2, 0.25) is 0 Å². The number of anilines is 1. The Labute approximate surface area is 98.0 Å². The maximum atomic E-state index is 12.5. The summed E-state index contributed by atoms with van der Waals surface area (Å²) >= 11 is 0.870. The van der Waals surface area contributed by atoms with Crippen LogP contribution in [0.15, 0.2) is 39.3 Å². The summed E-state index contributed by atoms with van der Waals surface area (Å²) in [6, 6.07) is 1.67. The Kier molecular flexibility index (Phi) is 2.97. The van der Waals surface area contributed by atoms with Gasteiger partial charge in [0.2, 0.25) is 0 Å². The predicted octanol–water partition coefficient (Wildman–Crippen LogP) is 2.82. The van der Waals surface area contributed by atoms with Gasteiger partial charge in [-0.2, -0.15) is 13.2 Å². The molecule has 2 aromatic rings. The molecule has 2 aromatic heterocycles. The lowest BCUT2D eigenvalue weighted by atomic mass is 10.2. The molecule has 0 bridgehead atoms. The molecule has 0 aliphatic heterocycles. The third-order valence-corrected chi connectivity index (χ3v) is 2.55. The molecule has 0 aliphatic rings. The molecule has 0 aliphatic carbocycles. The molecule has 0 atom stereocenters. The van der Waals surface area contributed by atoms with E-state index in [4.69, 9.17) is 10.2 Å². The molecule has 17 heavy (non-hydrogen) atoms. The Morgan fingerprint density at radius 3 is 2.65 bits per heavy atom. The smallest absolute Gasteiger partial charge is 0.416 e. The third kappa shape index (κ3) is 2.90. The number of nitrogen functional groups attached to an aromatic ring is 1. The van der Waals surface area contributed by atoms with Gasteiger partial charge in [0.15, 0.2) is 0 Å². The summed E-state index contributed by atoms with van der Waals surface area (Å²) in [5, 5.41) is 0.288. The maximum Gasteiger partial charge on any atom is 0.416 e. The van der Waals surface area contributed by atoms with Crippen LogP contribution in [0.1, 0.15) is 5.56 Å². The molecule has 2 heterocycles. The SMILES string of the molecule is Nc1cc(C(F)(F)F)cc(Sc2ncco2)n1. The lowest BCUT2D eigenvalue weighted by Crippen LogP contribution is -2.07. The highest BCUT2D eigenvalue weighted by Gasteiger charge is 2.31. The minimum absolute atomic E-state index is 0.0831. The second-order valence-corrected chi connectivity index (χ2v) is 3.99. The summed E-state index contributed by atoms with van der Waals surface area (Å²) in [5.41, 5.74) is 4.46. The zero-order valence-corrected chi connectivity index (χ0v) is 9.05. The van der Waals surface area contributed by atoms with E-state index in [-0.39, 0.29) is 16.1 Å². The summed E-state index contributed by atoms with van der Waals surface area (Å²) < 4.78 is 42.4. The van der Waals surface area contributed by atoms with E-state index in [1.807, 2.05) is 0 Å². The van der Waals surface area contributed by atoms with Gasteiger partial charge in [-0.1, -0.05) is 0 Å². The molecule has 0 aromatic carbocycles. The molecular weight excluding hydrogens is 255 g/mol. The van der Waals surface area contributed by atoms with Gasteiger partial charge in [-0.15, -0.1) is 0 Å². The summed E-state index contributed by atoms with van der Waals surface area (Å²) in [5.74, 6) is -0.200. The first-order valence-electron chi connectivity index (χ1n) is 4.37. The maximum absolute atomic E-state index is 12.5. The average molecular weight is 261 g/mol. The fourth-order valence-corrected chi connectivity index (χ4v) is 1.83. The van der Waals surface area contributed by atoms with Crippen LogP contribution < -0.4 is 5.73 Å². The minimum atomic E-state index is -4.46. The Hall–Kier alpha value is -1.70. The molecule has 0 saturated heterocycles. The van der Waals surface area contributed by atoms with Crippen molar-refractivity contribution in [3.05, 3.63) is 30.2 Å². The van der Waals surface area contributed by atoms with Gasteiger partial charge in [-0.05, 0) is 23.9 Å². The summed E-state index contributed by atoms with van der Waals surface area (Å²) in [4.78, 5) is 7.53. The molecule has 0 spiro atoms. The molecule has 2 rings (SSSR count). The van der Waals surface area contributed by atoms with E-state index in [1.165, 1.54) is 12.5 Å². The van der Waals surface area contributed by atoms with E-state index < -0.39 is 11.7 Å². The number of pyridine rings is 1. The molecule has 8 heteroatoms. The topological polar surface area (TPSA) is 64.9 Å². The highest BCUT2D eigenvalue weighted by atomic mass is 32.2. The van der Waals surface area contributed by atoms with Crippen molar-refractivity contribution in [2.75, 3.05) is 5.73 Å². The van der Waals surface area contributed by atoms with Crippen LogP contribution >= 0.6 is 11.8 Å². The van der Waals surface area contributed by atoms with Crippen LogP contribution in [0.25, 0.3) is 0 Å². The number of nitrogens with two attached hydrogens (primary N) is 1. The lowest BCUT2D eigenvalue weighted by Gasteiger charge is -2.08. The van der Waals surface area contributed by atoms with Crippen LogP contribution in [0, 0.1) is 0 Å². The van der Waals surface area contributed by atoms with Crippen LogP contribution in [0.3, 0.4) is 0 Å². The summed E-state index contributed by atoms with van der Waals surface area (Å²) in [7, 11) is 0. The largest absolute Gasteiger partial charge is 0.440 e. The number of rotatable bonds is 2. The van der Waals surface area contributed by atoms with Crippen molar-refractivity contribution < 1.29 is 17.6 Å². The molecule has 0 amide bonds. The van der Waals surface area contributed by atoms with E-state index in [9.17, 15) is 13.2 Å². The Morgan fingerprint density at radius 2 is 2.06 bits per heavy atom. The summed E-state index contributed by atoms with van der Waals surface area (Å²) in [6.07, 6.45) is -1.75. The van der Waals surface area contributed by atoms with Gasteiger partial charge in [-0.25, -0.2) is 9.97 Å². The second-order valence-electron chi connectivity index (χ2n) is 3.02. The number of hydrogen-bond acceptors (Lipinski definition) is 5. The van der Waals surface area contributed by atoms with Gasteiger partial charge < -0.3 is 10.2 Å². The summed E-state index contributed by atoms with van der Waals surface area (Å²) in [6.45, 7) is 0. The van der Waals surface area contributed by atoms with E-state index in [0.29, 0.717) is 0 Å². The highest BCUT2D eigenvalue weighted by Crippen LogP contribution is 2.34. The third-order valence-electron chi connectivity index (χ3n) is 1.75. The van der Waals surface area contributed by atoms with Crippen molar-refractivity contribution in [3.63, 3.8) is 0 Å². The normalized spacial score (nSPS) is 11.7. The van der Waals surface area contributed by atoms with Crippen molar-refractivity contribution in [2.24, 2.45) is 0 Å². The fourth-order valence-electron chi connectivity index (χ4n) is 1.09. The van der Waals surface area contributed by atoms with Gasteiger partial charge in [0.1, 0.15) is 17.1 Å². The van der Waals surface area contributed by atoms with Gasteiger partial charge in [-0.3, -0.25) is 0 Å². The van der Waals surface area contributed by atoms with E-state index >= 15 is 0 Å². The second kappa shape index (κ2) is 4.28. The van der Waals surface area contributed by atoms with Gasteiger partial charge >= 0.3 is 6.18 Å². The van der Waals surface area contributed by atoms with E-state index in [1.54, 1.807) is 0 Å². The van der Waals surface area contributed by atoms with Crippen molar-refractivity contribution >= 4 is 17.6 Å². The van der Waals surface area contributed by atoms with Crippen molar-refractivity contribution in [2.45, 2.75) is 16.4 Å². The number of hydrogen-bond donors (Lipinski definition) is 1. The fraction of sp³-hybridized carbons (Fsp3) is 0.111. The first-order chi connectivity index (χ1) is 7.95. The zero-order valence-electron chi connectivity index (χ0n) is 8.23. The van der Waals surface area contributed by atoms with Crippen molar-refractivity contribution in [1.29, 1.82) is 0 Å². The van der Waals surface area contributed by atoms with Crippen LogP contribution in [-0.4, -0.2) is 9.97 Å². The van der Waals surface area contributed by atoms with Gasteiger partial charge in [0.25, 0.3) is 5.22 Å². The molecule has 0 radical (unpaired) electrons. The van der Waals surface area contributed by atoms with Crippen LogP contribution in [0.5, 0.6) is 0 Å². The van der Waals surface area contributed by atoms with Crippen molar-refractivity contribution in [1.82, 2.24) is 9.97 Å². The highest BCUT2D eigenvalue weighted by molar-refractivity contribution is 7.99. The average Bonchev–Trinajstić information content (AvgIpc) is 2.68. The van der Waals surface area contributed by atoms with E-state index in [0.717, 1.165) is 23.9 Å². The first kappa shape index (κ1) is 11.8. The Bertz CT molecular complexity index is 513. The molecule has 90 valence electrons. The number of nitrogens with zero attached hydrogens (tertiary/aromatic N) is 2. The predicted molar refractivity (Wildman–Crippen MR) is 54.3 cm³/mol. The quantitative estimate of drug-likeness (QED) is 0.900. The van der Waals surface area contributed by atoms with Crippen LogP contribution in [0.4, 0.5) is 19.0 Å². The molecule has 4 nitrogen and oxygen atoms in total. The number of halogens is 3. The van der Waals surface area contributed by atoms with E-state index in [2.05, 4.69) is 9.97 Å². The molecule has 0 unspecified atom stereocenters. The standard InChI is InChI=1S/C9H6F3N3OS/c10-9(11,12)5-3-6(13)15-7(4-5)17-8-14-1-2-16-8/h1-4H,(H2,13,15).